The highest BCUT2D eigenvalue weighted by Crippen LogP contribution is 2.10. The van der Waals surface area contributed by atoms with Crippen molar-refractivity contribution in [2.45, 2.75) is 19.8 Å². The van der Waals surface area contributed by atoms with Gasteiger partial charge in [0.25, 0.3) is 5.91 Å². The van der Waals surface area contributed by atoms with Crippen molar-refractivity contribution >= 4 is 5.91 Å². The molecule has 0 radical (unpaired) electrons. The van der Waals surface area contributed by atoms with Crippen LogP contribution in [0.25, 0.3) is 0 Å². The van der Waals surface area contributed by atoms with Gasteiger partial charge in [0.05, 0.1) is 0 Å². The molecule has 1 heterocycles. The van der Waals surface area contributed by atoms with Crippen molar-refractivity contribution in [1.29, 1.82) is 0 Å². The normalized spacial score (nSPS) is 19.9. The Morgan fingerprint density at radius 1 is 1.47 bits per heavy atom. The molecule has 0 saturated carbocycles. The first kappa shape index (κ1) is 12.1. The fourth-order valence-corrected chi connectivity index (χ4v) is 2.26. The second-order valence-electron chi connectivity index (χ2n) is 4.74. The smallest absolute Gasteiger partial charge is 0.251 e. The number of benzene rings is 1. The molecular weight excluding hydrogens is 212 g/mol. The lowest BCUT2D eigenvalue weighted by molar-refractivity contribution is 0.0944. The summed E-state index contributed by atoms with van der Waals surface area (Å²) in [4.78, 5) is 12.0. The van der Waals surface area contributed by atoms with Crippen LogP contribution in [0.1, 0.15) is 28.8 Å². The van der Waals surface area contributed by atoms with Gasteiger partial charge in [-0.05, 0) is 50.4 Å². The molecule has 92 valence electrons. The first-order chi connectivity index (χ1) is 8.27. The third-order valence-electron chi connectivity index (χ3n) is 3.34. The molecule has 1 saturated heterocycles. The lowest BCUT2D eigenvalue weighted by atomic mass is 9.99. The van der Waals surface area contributed by atoms with E-state index in [9.17, 15) is 4.79 Å². The van der Waals surface area contributed by atoms with Crippen molar-refractivity contribution < 1.29 is 4.79 Å². The van der Waals surface area contributed by atoms with E-state index < -0.39 is 0 Å². The molecule has 2 rings (SSSR count). The van der Waals surface area contributed by atoms with Crippen molar-refractivity contribution in [1.82, 2.24) is 10.6 Å². The zero-order valence-corrected chi connectivity index (χ0v) is 10.3. The topological polar surface area (TPSA) is 41.1 Å². The summed E-state index contributed by atoms with van der Waals surface area (Å²) in [5.74, 6) is 0.630. The number of aryl methyl sites for hydroxylation is 1. The highest BCUT2D eigenvalue weighted by atomic mass is 16.1. The Labute approximate surface area is 103 Å². The molecular formula is C14H20N2O. The van der Waals surface area contributed by atoms with Gasteiger partial charge in [-0.15, -0.1) is 0 Å². The molecule has 1 aromatic rings. The van der Waals surface area contributed by atoms with Crippen LogP contribution in [0.2, 0.25) is 0 Å². The van der Waals surface area contributed by atoms with E-state index in [1.165, 1.54) is 12.8 Å². The maximum atomic E-state index is 12.0. The number of hydrogen-bond acceptors (Lipinski definition) is 2. The Morgan fingerprint density at radius 2 is 2.29 bits per heavy atom. The maximum Gasteiger partial charge on any atom is 0.251 e. The van der Waals surface area contributed by atoms with E-state index in [-0.39, 0.29) is 5.91 Å². The van der Waals surface area contributed by atoms with Crippen LogP contribution in [0.3, 0.4) is 0 Å². The monoisotopic (exact) mass is 232 g/mol. The number of piperidine rings is 1. The summed E-state index contributed by atoms with van der Waals surface area (Å²) in [6, 6.07) is 7.71. The number of amides is 1. The van der Waals surface area contributed by atoms with Gasteiger partial charge in [0.2, 0.25) is 0 Å². The Kier molecular flexibility index (Phi) is 4.15. The molecule has 0 aliphatic carbocycles. The number of nitrogens with one attached hydrogen (secondary N) is 2. The van der Waals surface area contributed by atoms with E-state index in [0.717, 1.165) is 30.8 Å². The lowest BCUT2D eigenvalue weighted by Gasteiger charge is -2.23. The van der Waals surface area contributed by atoms with Crippen LogP contribution in [0.15, 0.2) is 24.3 Å². The van der Waals surface area contributed by atoms with Crippen molar-refractivity contribution in [3.63, 3.8) is 0 Å². The summed E-state index contributed by atoms with van der Waals surface area (Å²) in [6.07, 6.45) is 2.42. The summed E-state index contributed by atoms with van der Waals surface area (Å²) in [6.45, 7) is 4.88. The van der Waals surface area contributed by atoms with Crippen molar-refractivity contribution in [3.05, 3.63) is 35.4 Å². The highest BCUT2D eigenvalue weighted by Gasteiger charge is 2.14. The van der Waals surface area contributed by atoms with Crippen LogP contribution in [0, 0.1) is 12.8 Å². The highest BCUT2D eigenvalue weighted by molar-refractivity contribution is 5.95. The Balaban J connectivity index is 1.87. The van der Waals surface area contributed by atoms with Gasteiger partial charge < -0.3 is 10.6 Å². The zero-order valence-electron chi connectivity index (χ0n) is 10.3. The van der Waals surface area contributed by atoms with E-state index in [4.69, 9.17) is 0 Å². The van der Waals surface area contributed by atoms with Crippen LogP contribution in [0.4, 0.5) is 0 Å². The number of carbonyl (C=O) groups is 1. The molecule has 17 heavy (non-hydrogen) atoms. The van der Waals surface area contributed by atoms with Crippen LogP contribution in [0.5, 0.6) is 0 Å². The van der Waals surface area contributed by atoms with Gasteiger partial charge in [0, 0.05) is 12.1 Å². The number of hydrogen-bond donors (Lipinski definition) is 2. The van der Waals surface area contributed by atoms with Gasteiger partial charge in [-0.25, -0.2) is 0 Å². The maximum absolute atomic E-state index is 12.0. The molecule has 0 aromatic heterocycles. The standard InChI is InChI=1S/C14H20N2O/c1-11-5-2-3-7-13(11)14(17)16-10-12-6-4-8-15-9-12/h2-3,5,7,12,15H,4,6,8-10H2,1H3,(H,16,17)/t12-/m0/s1. The van der Waals surface area contributed by atoms with Crippen LogP contribution < -0.4 is 10.6 Å². The van der Waals surface area contributed by atoms with Crippen molar-refractivity contribution in [2.24, 2.45) is 5.92 Å². The Bertz CT molecular complexity index is 384. The fraction of sp³-hybridized carbons (Fsp3) is 0.500. The molecule has 1 atom stereocenters. The van der Waals surface area contributed by atoms with Gasteiger partial charge in [0.15, 0.2) is 0 Å². The van der Waals surface area contributed by atoms with Crippen molar-refractivity contribution in [3.8, 4) is 0 Å². The van der Waals surface area contributed by atoms with E-state index in [2.05, 4.69) is 10.6 Å². The summed E-state index contributed by atoms with van der Waals surface area (Å²) < 4.78 is 0. The predicted molar refractivity (Wildman–Crippen MR) is 69.1 cm³/mol. The van der Waals surface area contributed by atoms with Gasteiger partial charge >= 0.3 is 0 Å². The van der Waals surface area contributed by atoms with Gasteiger partial charge in [-0.3, -0.25) is 4.79 Å². The molecule has 0 bridgehead atoms. The van der Waals surface area contributed by atoms with E-state index in [0.29, 0.717) is 5.92 Å². The fourth-order valence-electron chi connectivity index (χ4n) is 2.26. The third-order valence-corrected chi connectivity index (χ3v) is 3.34. The number of carbonyl (C=O) groups excluding carboxylic acids is 1. The van der Waals surface area contributed by atoms with Crippen LogP contribution in [-0.2, 0) is 0 Å². The van der Waals surface area contributed by atoms with E-state index in [1.807, 2.05) is 31.2 Å². The molecule has 3 nitrogen and oxygen atoms in total. The molecule has 1 fully saturated rings. The van der Waals surface area contributed by atoms with Crippen LogP contribution >= 0.6 is 0 Å². The van der Waals surface area contributed by atoms with E-state index in [1.54, 1.807) is 0 Å². The molecule has 0 spiro atoms. The van der Waals surface area contributed by atoms with Gasteiger partial charge in [-0.2, -0.15) is 0 Å². The third kappa shape index (κ3) is 3.30. The average molecular weight is 232 g/mol. The predicted octanol–water partition coefficient (Wildman–Crippen LogP) is 1.72. The second-order valence-corrected chi connectivity index (χ2v) is 4.74. The van der Waals surface area contributed by atoms with Gasteiger partial charge in [-0.1, -0.05) is 18.2 Å². The lowest BCUT2D eigenvalue weighted by Crippen LogP contribution is -2.38. The minimum absolute atomic E-state index is 0.0497. The largest absolute Gasteiger partial charge is 0.352 e. The summed E-state index contributed by atoms with van der Waals surface area (Å²) in [7, 11) is 0. The van der Waals surface area contributed by atoms with Gasteiger partial charge in [0.1, 0.15) is 0 Å². The minimum atomic E-state index is 0.0497. The first-order valence-corrected chi connectivity index (χ1v) is 6.32. The molecule has 1 aliphatic heterocycles. The van der Waals surface area contributed by atoms with Crippen molar-refractivity contribution in [2.75, 3.05) is 19.6 Å². The second kappa shape index (κ2) is 5.82. The zero-order chi connectivity index (χ0) is 12.1. The average Bonchev–Trinajstić information content (AvgIpc) is 2.38. The first-order valence-electron chi connectivity index (χ1n) is 6.32. The summed E-state index contributed by atoms with van der Waals surface area (Å²) >= 11 is 0. The molecule has 1 aromatic carbocycles. The molecule has 3 heteroatoms. The van der Waals surface area contributed by atoms with E-state index >= 15 is 0 Å². The summed E-state index contributed by atoms with van der Waals surface area (Å²) in [5.41, 5.74) is 1.82. The SMILES string of the molecule is Cc1ccccc1C(=O)NC[C@H]1CCCNC1. The Hall–Kier alpha value is -1.35. The molecule has 2 N–H and O–H groups in total. The molecule has 0 unspecified atom stereocenters. The molecule has 1 amide bonds. The summed E-state index contributed by atoms with van der Waals surface area (Å²) in [5, 5.41) is 6.39. The quantitative estimate of drug-likeness (QED) is 0.833. The Morgan fingerprint density at radius 3 is 3.00 bits per heavy atom. The number of rotatable bonds is 3. The van der Waals surface area contributed by atoms with Crippen LogP contribution in [-0.4, -0.2) is 25.5 Å². The molecule has 1 aliphatic rings. The minimum Gasteiger partial charge on any atom is -0.352 e.